The molecule has 0 aliphatic rings. The third-order valence-corrected chi connectivity index (χ3v) is 3.69. The van der Waals surface area contributed by atoms with Crippen molar-refractivity contribution in [2.75, 3.05) is 6.61 Å². The van der Waals surface area contributed by atoms with E-state index in [2.05, 4.69) is 10.2 Å². The molecule has 2 aromatic rings. The molecule has 18 heavy (non-hydrogen) atoms. The van der Waals surface area contributed by atoms with E-state index < -0.39 is 0 Å². The van der Waals surface area contributed by atoms with Crippen molar-refractivity contribution in [3.05, 3.63) is 35.2 Å². The Morgan fingerprint density at radius 3 is 2.72 bits per heavy atom. The van der Waals surface area contributed by atoms with E-state index in [9.17, 15) is 0 Å². The number of aliphatic hydroxyl groups is 1. The minimum absolute atomic E-state index is 0.142. The molecule has 1 heterocycles. The second-order valence-corrected chi connectivity index (χ2v) is 5.68. The first-order chi connectivity index (χ1) is 8.69. The van der Waals surface area contributed by atoms with Crippen molar-refractivity contribution < 1.29 is 9.52 Å². The first kappa shape index (κ1) is 13.4. The lowest BCUT2D eigenvalue weighted by molar-refractivity contribution is 0.300. The zero-order chi connectivity index (χ0) is 13.0. The molecule has 1 aromatic carbocycles. The lowest BCUT2D eigenvalue weighted by atomic mass is 10.2. The summed E-state index contributed by atoms with van der Waals surface area (Å²) in [5.41, 5.74) is 0.846. The third-order valence-electron chi connectivity index (χ3n) is 2.31. The first-order valence-electron chi connectivity index (χ1n) is 5.50. The van der Waals surface area contributed by atoms with Crippen molar-refractivity contribution in [3.63, 3.8) is 0 Å². The molecule has 0 aliphatic heterocycles. The summed E-state index contributed by atoms with van der Waals surface area (Å²) in [5, 5.41) is 17.7. The molecule has 1 aromatic heterocycles. The van der Waals surface area contributed by atoms with Crippen molar-refractivity contribution in [3.8, 4) is 11.5 Å². The summed E-state index contributed by atoms with van der Waals surface area (Å²) in [5.74, 6) is 1.65. The Morgan fingerprint density at radius 1 is 1.33 bits per heavy atom. The topological polar surface area (TPSA) is 59.2 Å². The molecule has 0 aliphatic carbocycles. The van der Waals surface area contributed by atoms with Gasteiger partial charge in [0.25, 0.3) is 0 Å². The van der Waals surface area contributed by atoms with Gasteiger partial charge in [-0.25, -0.2) is 0 Å². The molecule has 0 radical (unpaired) electrons. The number of hydrogen-bond acceptors (Lipinski definition) is 5. The summed E-state index contributed by atoms with van der Waals surface area (Å²) in [7, 11) is 0. The molecular formula is C12H13ClN2O2S. The fourth-order valence-corrected chi connectivity index (χ4v) is 2.06. The zero-order valence-electron chi connectivity index (χ0n) is 9.84. The zero-order valence-corrected chi connectivity index (χ0v) is 11.4. The van der Waals surface area contributed by atoms with Gasteiger partial charge in [-0.2, -0.15) is 0 Å². The van der Waals surface area contributed by atoms with Crippen LogP contribution >= 0.6 is 23.4 Å². The maximum absolute atomic E-state index is 8.92. The number of aromatic nitrogens is 2. The second-order valence-electron chi connectivity index (χ2n) is 3.81. The molecule has 6 heteroatoms. The fourth-order valence-electron chi connectivity index (χ4n) is 1.29. The number of aliphatic hydroxyl groups excluding tert-OH is 1. The molecule has 1 unspecified atom stereocenters. The van der Waals surface area contributed by atoms with Gasteiger partial charge in [-0.05, 0) is 24.3 Å². The Hall–Kier alpha value is -1.04. The Morgan fingerprint density at radius 2 is 2.06 bits per heavy atom. The molecule has 96 valence electrons. The number of thioether (sulfide) groups is 1. The van der Waals surface area contributed by atoms with Crippen LogP contribution in [0.4, 0.5) is 0 Å². The van der Waals surface area contributed by atoms with Crippen molar-refractivity contribution >= 4 is 23.4 Å². The summed E-state index contributed by atoms with van der Waals surface area (Å²) in [6.07, 6.45) is 0. The monoisotopic (exact) mass is 284 g/mol. The van der Waals surface area contributed by atoms with Crippen LogP contribution in [0.25, 0.3) is 11.5 Å². The number of nitrogens with zero attached hydrogens (tertiary/aromatic N) is 2. The molecule has 0 saturated carbocycles. The van der Waals surface area contributed by atoms with Crippen LogP contribution in [0.3, 0.4) is 0 Å². The summed E-state index contributed by atoms with van der Waals surface area (Å²) in [6, 6.07) is 7.24. The van der Waals surface area contributed by atoms with Gasteiger partial charge in [-0.3, -0.25) is 0 Å². The van der Waals surface area contributed by atoms with Crippen molar-refractivity contribution in [1.29, 1.82) is 0 Å². The van der Waals surface area contributed by atoms with Crippen LogP contribution < -0.4 is 0 Å². The van der Waals surface area contributed by atoms with E-state index in [0.29, 0.717) is 22.6 Å². The summed E-state index contributed by atoms with van der Waals surface area (Å²) >= 11 is 7.38. The average Bonchev–Trinajstić information content (AvgIpc) is 2.85. The molecule has 0 spiro atoms. The minimum Gasteiger partial charge on any atom is -0.420 e. The highest BCUT2D eigenvalue weighted by atomic mass is 35.5. The highest BCUT2D eigenvalue weighted by molar-refractivity contribution is 7.99. The van der Waals surface area contributed by atoms with Crippen LogP contribution in [-0.4, -0.2) is 27.2 Å². The molecular weight excluding hydrogens is 272 g/mol. The lowest BCUT2D eigenvalue weighted by Gasteiger charge is -2.03. The van der Waals surface area contributed by atoms with Crippen LogP contribution in [-0.2, 0) is 5.75 Å². The van der Waals surface area contributed by atoms with E-state index in [4.69, 9.17) is 21.1 Å². The van der Waals surface area contributed by atoms with E-state index in [0.717, 1.165) is 5.56 Å². The summed E-state index contributed by atoms with van der Waals surface area (Å²) in [6.45, 7) is 2.09. The van der Waals surface area contributed by atoms with Gasteiger partial charge in [0.1, 0.15) is 0 Å². The van der Waals surface area contributed by atoms with Crippen molar-refractivity contribution in [2.45, 2.75) is 17.9 Å². The Labute approximate surface area is 114 Å². The molecule has 0 fully saturated rings. The largest absolute Gasteiger partial charge is 0.420 e. The fraction of sp³-hybridized carbons (Fsp3) is 0.333. The maximum atomic E-state index is 8.92. The Balaban J connectivity index is 2.03. The molecule has 1 N–H and O–H groups in total. The normalized spacial score (nSPS) is 12.6. The van der Waals surface area contributed by atoms with Gasteiger partial charge in [0.15, 0.2) is 0 Å². The smallest absolute Gasteiger partial charge is 0.247 e. The van der Waals surface area contributed by atoms with Gasteiger partial charge < -0.3 is 9.52 Å². The quantitative estimate of drug-likeness (QED) is 0.914. The van der Waals surface area contributed by atoms with Crippen LogP contribution in [0.1, 0.15) is 12.8 Å². The van der Waals surface area contributed by atoms with E-state index in [1.165, 1.54) is 0 Å². The average molecular weight is 285 g/mol. The van der Waals surface area contributed by atoms with Gasteiger partial charge in [0.2, 0.25) is 11.8 Å². The van der Waals surface area contributed by atoms with Gasteiger partial charge >= 0.3 is 0 Å². The van der Waals surface area contributed by atoms with Crippen molar-refractivity contribution in [1.82, 2.24) is 10.2 Å². The standard InChI is InChI=1S/C12H13ClN2O2S/c1-8(6-16)18-7-11-14-15-12(17-11)9-2-4-10(13)5-3-9/h2-5,8,16H,6-7H2,1H3. The van der Waals surface area contributed by atoms with E-state index >= 15 is 0 Å². The van der Waals surface area contributed by atoms with Crippen LogP contribution in [0, 0.1) is 0 Å². The lowest BCUT2D eigenvalue weighted by Crippen LogP contribution is -2.02. The number of rotatable bonds is 5. The molecule has 0 amide bonds. The van der Waals surface area contributed by atoms with Gasteiger partial charge in [-0.15, -0.1) is 22.0 Å². The Bertz CT molecular complexity index is 501. The SMILES string of the molecule is CC(CO)SCc1nnc(-c2ccc(Cl)cc2)o1. The second kappa shape index (κ2) is 6.22. The summed E-state index contributed by atoms with van der Waals surface area (Å²) in [4.78, 5) is 0. The molecule has 0 bridgehead atoms. The number of halogens is 1. The number of hydrogen-bond donors (Lipinski definition) is 1. The van der Waals surface area contributed by atoms with Crippen LogP contribution in [0.5, 0.6) is 0 Å². The van der Waals surface area contributed by atoms with Gasteiger partial charge in [0, 0.05) is 15.8 Å². The molecule has 0 saturated heterocycles. The van der Waals surface area contributed by atoms with Crippen molar-refractivity contribution in [2.24, 2.45) is 0 Å². The molecule has 1 atom stereocenters. The molecule has 2 rings (SSSR count). The van der Waals surface area contributed by atoms with Gasteiger partial charge in [-0.1, -0.05) is 18.5 Å². The predicted molar refractivity (Wildman–Crippen MR) is 72.6 cm³/mol. The maximum Gasteiger partial charge on any atom is 0.247 e. The van der Waals surface area contributed by atoms with E-state index in [1.54, 1.807) is 23.9 Å². The summed E-state index contributed by atoms with van der Waals surface area (Å²) < 4.78 is 5.54. The first-order valence-corrected chi connectivity index (χ1v) is 6.92. The molecule has 4 nitrogen and oxygen atoms in total. The van der Waals surface area contributed by atoms with E-state index in [1.807, 2.05) is 19.1 Å². The highest BCUT2D eigenvalue weighted by Crippen LogP contribution is 2.22. The minimum atomic E-state index is 0.142. The van der Waals surface area contributed by atoms with Gasteiger partial charge in [0.05, 0.1) is 12.4 Å². The number of benzene rings is 1. The highest BCUT2D eigenvalue weighted by Gasteiger charge is 2.10. The Kier molecular flexibility index (Phi) is 4.63. The third kappa shape index (κ3) is 3.48. The van der Waals surface area contributed by atoms with Crippen LogP contribution in [0.2, 0.25) is 5.02 Å². The van der Waals surface area contributed by atoms with Crippen LogP contribution in [0.15, 0.2) is 28.7 Å². The predicted octanol–water partition coefficient (Wildman–Crippen LogP) is 3.00. The van der Waals surface area contributed by atoms with E-state index in [-0.39, 0.29) is 11.9 Å².